The van der Waals surface area contributed by atoms with E-state index in [2.05, 4.69) is 4.98 Å². The molecule has 77 valence electrons. The van der Waals surface area contributed by atoms with Crippen LogP contribution in [-0.4, -0.2) is 24.2 Å². The number of benzene rings is 1. The normalized spacial score (nSPS) is 11.8. The molecule has 1 aromatic carbocycles. The van der Waals surface area contributed by atoms with Crippen molar-refractivity contribution in [3.8, 4) is 0 Å². The Morgan fingerprint density at radius 1 is 1.40 bits per heavy atom. The first-order valence-corrected chi connectivity index (χ1v) is 5.21. The SMILES string of the molecule is O=[C]c1ccc2nc(S(=O)(=O)O)oc2c1. The van der Waals surface area contributed by atoms with Crippen LogP contribution in [0, 0.1) is 0 Å². The Balaban J connectivity index is 2.71. The minimum absolute atomic E-state index is 0.100. The second-order valence-corrected chi connectivity index (χ2v) is 4.04. The fraction of sp³-hybridized carbons (Fsp3) is 0. The third-order valence-electron chi connectivity index (χ3n) is 1.71. The lowest BCUT2D eigenvalue weighted by atomic mass is 10.2. The molecule has 0 spiro atoms. The smallest absolute Gasteiger partial charge is 0.347 e. The lowest BCUT2D eigenvalue weighted by Gasteiger charge is -1.86. The number of hydrogen-bond acceptors (Lipinski definition) is 5. The lowest BCUT2D eigenvalue weighted by molar-refractivity contribution is 0.408. The van der Waals surface area contributed by atoms with Crippen molar-refractivity contribution in [2.75, 3.05) is 0 Å². The lowest BCUT2D eigenvalue weighted by Crippen LogP contribution is -1.97. The van der Waals surface area contributed by atoms with E-state index in [0.717, 1.165) is 0 Å². The van der Waals surface area contributed by atoms with Crippen LogP contribution in [0.1, 0.15) is 5.56 Å². The summed E-state index contributed by atoms with van der Waals surface area (Å²) in [4.78, 5) is 13.8. The molecule has 1 heterocycles. The molecule has 1 radical (unpaired) electrons. The predicted molar refractivity (Wildman–Crippen MR) is 48.6 cm³/mol. The molecule has 0 fully saturated rings. The second-order valence-electron chi connectivity index (χ2n) is 2.74. The van der Waals surface area contributed by atoms with E-state index < -0.39 is 15.3 Å². The van der Waals surface area contributed by atoms with Crippen LogP contribution in [0.15, 0.2) is 27.8 Å². The van der Waals surface area contributed by atoms with Crippen molar-refractivity contribution >= 4 is 27.5 Å². The van der Waals surface area contributed by atoms with E-state index in [1.165, 1.54) is 18.2 Å². The number of oxazole rings is 1. The fourth-order valence-corrected chi connectivity index (χ4v) is 1.49. The van der Waals surface area contributed by atoms with Gasteiger partial charge in [-0.3, -0.25) is 9.35 Å². The predicted octanol–water partition coefficient (Wildman–Crippen LogP) is 0.532. The van der Waals surface area contributed by atoms with Crippen LogP contribution in [0.2, 0.25) is 0 Å². The van der Waals surface area contributed by atoms with Gasteiger partial charge in [0.25, 0.3) is 0 Å². The molecule has 0 aliphatic carbocycles. The molecule has 15 heavy (non-hydrogen) atoms. The van der Waals surface area contributed by atoms with Crippen molar-refractivity contribution in [3.63, 3.8) is 0 Å². The number of aromatic nitrogens is 1. The zero-order valence-electron chi connectivity index (χ0n) is 7.17. The van der Waals surface area contributed by atoms with Crippen LogP contribution >= 0.6 is 0 Å². The summed E-state index contributed by atoms with van der Waals surface area (Å²) in [7, 11) is -4.46. The van der Waals surface area contributed by atoms with Gasteiger partial charge in [-0.15, -0.1) is 0 Å². The van der Waals surface area contributed by atoms with Gasteiger partial charge in [0.1, 0.15) is 5.52 Å². The first-order chi connectivity index (χ1) is 7.00. The van der Waals surface area contributed by atoms with E-state index in [0.29, 0.717) is 0 Å². The highest BCUT2D eigenvalue weighted by molar-refractivity contribution is 7.85. The second kappa shape index (κ2) is 3.14. The van der Waals surface area contributed by atoms with E-state index in [4.69, 9.17) is 8.97 Å². The zero-order valence-corrected chi connectivity index (χ0v) is 7.98. The summed E-state index contributed by atoms with van der Waals surface area (Å²) in [6.07, 6.45) is 1.62. The summed E-state index contributed by atoms with van der Waals surface area (Å²) in [5.41, 5.74) is 0.547. The van der Waals surface area contributed by atoms with Crippen LogP contribution in [0.3, 0.4) is 0 Å². The van der Waals surface area contributed by atoms with Gasteiger partial charge in [0, 0.05) is 5.56 Å². The third-order valence-corrected chi connectivity index (χ3v) is 2.32. The maximum Gasteiger partial charge on any atom is 0.347 e. The molecule has 1 aromatic heterocycles. The molecule has 0 saturated carbocycles. The summed E-state index contributed by atoms with van der Waals surface area (Å²) in [6.45, 7) is 0. The molecule has 0 bridgehead atoms. The Bertz CT molecular complexity index is 628. The number of hydrogen-bond donors (Lipinski definition) is 1. The average Bonchev–Trinajstić information content (AvgIpc) is 2.59. The number of rotatable bonds is 2. The highest BCUT2D eigenvalue weighted by atomic mass is 32.2. The Morgan fingerprint density at radius 2 is 2.13 bits per heavy atom. The number of carbonyl (C=O) groups excluding carboxylic acids is 1. The Morgan fingerprint density at radius 3 is 2.73 bits per heavy atom. The zero-order chi connectivity index (χ0) is 11.1. The van der Waals surface area contributed by atoms with Crippen molar-refractivity contribution < 1.29 is 22.2 Å². The van der Waals surface area contributed by atoms with Crippen molar-refractivity contribution in [2.24, 2.45) is 0 Å². The standard InChI is InChI=1S/C8H4NO5S/c10-4-5-1-2-6-7(3-5)14-8(9-6)15(11,12)13/h1-3H,(H,11,12,13). The molecule has 2 rings (SSSR count). The summed E-state index contributed by atoms with van der Waals surface area (Å²) < 4.78 is 34.8. The van der Waals surface area contributed by atoms with Crippen LogP contribution in [-0.2, 0) is 14.9 Å². The van der Waals surface area contributed by atoms with E-state index in [1.807, 2.05) is 0 Å². The first-order valence-electron chi connectivity index (χ1n) is 3.77. The van der Waals surface area contributed by atoms with Crippen molar-refractivity contribution in [3.05, 3.63) is 23.8 Å². The molecule has 1 N–H and O–H groups in total. The minimum Gasteiger partial charge on any atom is -0.426 e. The Hall–Kier alpha value is -1.73. The number of nitrogens with zero attached hydrogens (tertiary/aromatic N) is 1. The summed E-state index contributed by atoms with van der Waals surface area (Å²) in [5, 5.41) is -0.791. The van der Waals surface area contributed by atoms with Gasteiger partial charge in [-0.05, 0) is 18.2 Å². The molecular weight excluding hydrogens is 222 g/mol. The van der Waals surface area contributed by atoms with Gasteiger partial charge >= 0.3 is 15.3 Å². The molecule has 0 saturated heterocycles. The van der Waals surface area contributed by atoms with Gasteiger partial charge in [0.2, 0.25) is 6.29 Å². The molecule has 0 amide bonds. The van der Waals surface area contributed by atoms with Crippen LogP contribution < -0.4 is 0 Å². The van der Waals surface area contributed by atoms with Crippen LogP contribution in [0.4, 0.5) is 0 Å². The highest BCUT2D eigenvalue weighted by Gasteiger charge is 2.18. The summed E-state index contributed by atoms with van der Waals surface area (Å²) in [5.74, 6) is 0. The van der Waals surface area contributed by atoms with Crippen molar-refractivity contribution in [1.29, 1.82) is 0 Å². The molecule has 0 aliphatic rings. The van der Waals surface area contributed by atoms with Gasteiger partial charge in [-0.1, -0.05) is 0 Å². The van der Waals surface area contributed by atoms with Crippen LogP contribution in [0.25, 0.3) is 11.1 Å². The van der Waals surface area contributed by atoms with E-state index >= 15 is 0 Å². The molecule has 2 aromatic rings. The van der Waals surface area contributed by atoms with Crippen molar-refractivity contribution in [1.82, 2.24) is 4.98 Å². The first kappa shape index (κ1) is 9.81. The van der Waals surface area contributed by atoms with Crippen LogP contribution in [0.5, 0.6) is 0 Å². The van der Waals surface area contributed by atoms with Gasteiger partial charge in [-0.25, -0.2) is 0 Å². The molecule has 0 aliphatic heterocycles. The van der Waals surface area contributed by atoms with Gasteiger partial charge < -0.3 is 4.42 Å². The van der Waals surface area contributed by atoms with Crippen molar-refractivity contribution in [2.45, 2.75) is 5.22 Å². The molecule has 0 unspecified atom stereocenters. The largest absolute Gasteiger partial charge is 0.426 e. The molecular formula is C8H4NO5S. The Labute approximate surface area is 84.3 Å². The maximum absolute atomic E-state index is 10.7. The van der Waals surface area contributed by atoms with Gasteiger partial charge in [0.15, 0.2) is 5.58 Å². The molecule has 7 heteroatoms. The van der Waals surface area contributed by atoms with E-state index in [1.54, 1.807) is 6.29 Å². The molecule has 0 atom stereocenters. The fourth-order valence-electron chi connectivity index (χ4n) is 1.08. The van der Waals surface area contributed by atoms with E-state index in [9.17, 15) is 13.2 Å². The summed E-state index contributed by atoms with van der Waals surface area (Å²) >= 11 is 0. The quantitative estimate of drug-likeness (QED) is 0.750. The highest BCUT2D eigenvalue weighted by Crippen LogP contribution is 2.19. The third kappa shape index (κ3) is 1.74. The maximum atomic E-state index is 10.7. The van der Waals surface area contributed by atoms with Gasteiger partial charge in [-0.2, -0.15) is 13.4 Å². The van der Waals surface area contributed by atoms with Gasteiger partial charge in [0.05, 0.1) is 0 Å². The summed E-state index contributed by atoms with van der Waals surface area (Å²) in [6, 6.07) is 4.09. The monoisotopic (exact) mass is 226 g/mol. The Kier molecular flexibility index (Phi) is 2.06. The molecule has 6 nitrogen and oxygen atoms in total. The topological polar surface area (TPSA) is 97.5 Å². The van der Waals surface area contributed by atoms with E-state index in [-0.39, 0.29) is 16.7 Å². The minimum atomic E-state index is -4.46. The number of fused-ring (bicyclic) bond motifs is 1. The average molecular weight is 226 g/mol.